The number of unbranched alkanes of at least 4 members (excludes halogenated alkanes) is 1. The Hall–Kier alpha value is -2.76. The minimum atomic E-state index is -0.444. The van der Waals surface area contributed by atoms with Crippen molar-refractivity contribution in [1.29, 1.82) is 0 Å². The highest BCUT2D eigenvalue weighted by Gasteiger charge is 2.10. The Balaban J connectivity index is 1.93. The normalized spacial score (nSPS) is 10.0. The van der Waals surface area contributed by atoms with Crippen molar-refractivity contribution >= 4 is 11.8 Å². The molecule has 6 heteroatoms. The summed E-state index contributed by atoms with van der Waals surface area (Å²) < 4.78 is 0. The summed E-state index contributed by atoms with van der Waals surface area (Å²) in [4.78, 5) is 31.9. The average molecular weight is 298 g/mol. The van der Waals surface area contributed by atoms with E-state index < -0.39 is 11.8 Å². The van der Waals surface area contributed by atoms with E-state index in [9.17, 15) is 9.59 Å². The first-order valence-corrected chi connectivity index (χ1v) is 7.17. The van der Waals surface area contributed by atoms with E-state index in [1.807, 2.05) is 6.07 Å². The molecule has 0 bridgehead atoms. The molecule has 0 saturated heterocycles. The van der Waals surface area contributed by atoms with Crippen molar-refractivity contribution < 1.29 is 9.59 Å². The summed E-state index contributed by atoms with van der Waals surface area (Å²) in [5.41, 5.74) is 6.28. The Labute approximate surface area is 129 Å². The molecule has 2 rings (SSSR count). The van der Waals surface area contributed by atoms with Crippen LogP contribution < -0.4 is 10.9 Å². The van der Waals surface area contributed by atoms with E-state index >= 15 is 0 Å². The third-order valence-electron chi connectivity index (χ3n) is 3.06. The maximum Gasteiger partial charge on any atom is 0.288 e. The first-order valence-electron chi connectivity index (χ1n) is 7.17. The van der Waals surface area contributed by atoms with E-state index in [2.05, 4.69) is 27.7 Å². The van der Waals surface area contributed by atoms with Crippen LogP contribution in [0.2, 0.25) is 0 Å². The average Bonchev–Trinajstić information content (AvgIpc) is 2.58. The van der Waals surface area contributed by atoms with Crippen LogP contribution in [0, 0.1) is 0 Å². The quantitative estimate of drug-likeness (QED) is 0.826. The van der Waals surface area contributed by atoms with E-state index in [4.69, 9.17) is 0 Å². The van der Waals surface area contributed by atoms with Crippen LogP contribution in [-0.4, -0.2) is 21.8 Å². The summed E-state index contributed by atoms with van der Waals surface area (Å²) in [6.07, 6.45) is 5.95. The predicted molar refractivity (Wildman–Crippen MR) is 82.0 cm³/mol. The van der Waals surface area contributed by atoms with Crippen LogP contribution in [0.15, 0.2) is 42.7 Å². The molecule has 2 amide bonds. The van der Waals surface area contributed by atoms with Gasteiger partial charge in [-0.1, -0.05) is 19.4 Å². The van der Waals surface area contributed by atoms with Crippen LogP contribution in [0.3, 0.4) is 0 Å². The molecule has 0 aromatic carbocycles. The summed E-state index contributed by atoms with van der Waals surface area (Å²) in [6, 6.07) is 8.42. The molecule has 22 heavy (non-hydrogen) atoms. The lowest BCUT2D eigenvalue weighted by Crippen LogP contribution is -2.42. The summed E-state index contributed by atoms with van der Waals surface area (Å²) >= 11 is 0. The fourth-order valence-corrected chi connectivity index (χ4v) is 1.86. The Kier molecular flexibility index (Phi) is 5.59. The molecule has 0 saturated carbocycles. The molecule has 0 aliphatic carbocycles. The van der Waals surface area contributed by atoms with Crippen molar-refractivity contribution in [2.45, 2.75) is 26.2 Å². The zero-order chi connectivity index (χ0) is 15.8. The number of hydrogen-bond donors (Lipinski definition) is 2. The number of rotatable bonds is 5. The molecule has 0 unspecified atom stereocenters. The number of carbonyl (C=O) groups is 2. The van der Waals surface area contributed by atoms with E-state index in [0.29, 0.717) is 5.56 Å². The number of hydrazine groups is 1. The van der Waals surface area contributed by atoms with Crippen LogP contribution in [-0.2, 0) is 6.42 Å². The second-order valence-corrected chi connectivity index (χ2v) is 4.76. The van der Waals surface area contributed by atoms with Gasteiger partial charge in [-0.2, -0.15) is 0 Å². The van der Waals surface area contributed by atoms with Crippen molar-refractivity contribution in [3.05, 3.63) is 59.7 Å². The molecule has 114 valence electrons. The Morgan fingerprint density at radius 3 is 2.50 bits per heavy atom. The van der Waals surface area contributed by atoms with Crippen molar-refractivity contribution in [3.63, 3.8) is 0 Å². The minimum Gasteiger partial charge on any atom is -0.267 e. The van der Waals surface area contributed by atoms with Gasteiger partial charge in [-0.25, -0.2) is 4.98 Å². The number of nitrogens with one attached hydrogen (secondary N) is 2. The molecule has 0 spiro atoms. The molecule has 0 aliphatic rings. The third kappa shape index (κ3) is 4.37. The van der Waals surface area contributed by atoms with Gasteiger partial charge in [-0.3, -0.25) is 25.4 Å². The number of aromatic nitrogens is 2. The van der Waals surface area contributed by atoms with Gasteiger partial charge in [0, 0.05) is 23.7 Å². The summed E-state index contributed by atoms with van der Waals surface area (Å²) in [6.45, 7) is 2.10. The van der Waals surface area contributed by atoms with E-state index in [1.54, 1.807) is 24.3 Å². The number of carbonyl (C=O) groups excluding carboxylic acids is 2. The van der Waals surface area contributed by atoms with Gasteiger partial charge < -0.3 is 0 Å². The number of amides is 2. The molecule has 0 aliphatic heterocycles. The maximum atomic E-state index is 12.0. The maximum absolute atomic E-state index is 12.0. The van der Waals surface area contributed by atoms with Crippen LogP contribution in [0.4, 0.5) is 0 Å². The third-order valence-corrected chi connectivity index (χ3v) is 3.06. The lowest BCUT2D eigenvalue weighted by molar-refractivity contribution is 0.0844. The number of pyridine rings is 2. The monoisotopic (exact) mass is 298 g/mol. The number of hydrogen-bond acceptors (Lipinski definition) is 4. The van der Waals surface area contributed by atoms with Crippen molar-refractivity contribution in [2.75, 3.05) is 0 Å². The predicted octanol–water partition coefficient (Wildman–Crippen LogP) is 1.89. The zero-order valence-electron chi connectivity index (χ0n) is 12.4. The highest BCUT2D eigenvalue weighted by Crippen LogP contribution is 2.04. The molecule has 0 radical (unpaired) electrons. The lowest BCUT2D eigenvalue weighted by atomic mass is 10.2. The molecule has 0 atom stereocenters. The van der Waals surface area contributed by atoms with Crippen LogP contribution >= 0.6 is 0 Å². The molecule has 6 nitrogen and oxygen atoms in total. The summed E-state index contributed by atoms with van der Waals surface area (Å²) in [5, 5.41) is 0. The molecular weight excluding hydrogens is 280 g/mol. The largest absolute Gasteiger partial charge is 0.288 e. The summed E-state index contributed by atoms with van der Waals surface area (Å²) in [7, 11) is 0. The number of aryl methyl sites for hydroxylation is 1. The Morgan fingerprint density at radius 1 is 1.05 bits per heavy atom. The van der Waals surface area contributed by atoms with E-state index in [1.165, 1.54) is 12.4 Å². The second-order valence-electron chi connectivity index (χ2n) is 4.76. The molecule has 2 N–H and O–H groups in total. The van der Waals surface area contributed by atoms with Gasteiger partial charge >= 0.3 is 0 Å². The highest BCUT2D eigenvalue weighted by atomic mass is 16.2. The smallest absolute Gasteiger partial charge is 0.267 e. The van der Waals surface area contributed by atoms with Gasteiger partial charge in [0.2, 0.25) is 0 Å². The molecule has 0 fully saturated rings. The Morgan fingerprint density at radius 2 is 1.77 bits per heavy atom. The SMILES string of the molecule is CCCCc1cccc(C(=O)NNC(=O)c2ccncc2)n1. The second kappa shape index (κ2) is 7.87. The first kappa shape index (κ1) is 15.6. The van der Waals surface area contributed by atoms with Gasteiger partial charge in [0.1, 0.15) is 5.69 Å². The fourth-order valence-electron chi connectivity index (χ4n) is 1.86. The van der Waals surface area contributed by atoms with Crippen molar-refractivity contribution in [2.24, 2.45) is 0 Å². The Bertz CT molecular complexity index is 644. The van der Waals surface area contributed by atoms with Gasteiger partial charge in [0.15, 0.2) is 0 Å². The fraction of sp³-hybridized carbons (Fsp3) is 0.250. The topological polar surface area (TPSA) is 84.0 Å². The molecular formula is C16H18N4O2. The standard InChI is InChI=1S/C16H18N4O2/c1-2-3-5-13-6-4-7-14(18-13)16(22)20-19-15(21)12-8-10-17-11-9-12/h4,6-11H,2-3,5H2,1H3,(H,19,21)(H,20,22). The molecule has 2 aromatic rings. The van der Waals surface area contributed by atoms with Crippen LogP contribution in [0.5, 0.6) is 0 Å². The lowest BCUT2D eigenvalue weighted by Gasteiger charge is -2.07. The van der Waals surface area contributed by atoms with Crippen LogP contribution in [0.25, 0.3) is 0 Å². The highest BCUT2D eigenvalue weighted by molar-refractivity contribution is 5.98. The molecule has 2 heterocycles. The van der Waals surface area contributed by atoms with E-state index in [-0.39, 0.29) is 5.69 Å². The zero-order valence-corrected chi connectivity index (χ0v) is 12.4. The van der Waals surface area contributed by atoms with Crippen LogP contribution in [0.1, 0.15) is 46.3 Å². The number of nitrogens with zero attached hydrogens (tertiary/aromatic N) is 2. The van der Waals surface area contributed by atoms with Crippen molar-refractivity contribution in [3.8, 4) is 0 Å². The summed E-state index contributed by atoms with van der Waals surface area (Å²) in [5.74, 6) is -0.848. The van der Waals surface area contributed by atoms with Crippen molar-refractivity contribution in [1.82, 2.24) is 20.8 Å². The minimum absolute atomic E-state index is 0.281. The van der Waals surface area contributed by atoms with Gasteiger partial charge in [0.05, 0.1) is 0 Å². The van der Waals surface area contributed by atoms with E-state index in [0.717, 1.165) is 25.0 Å². The van der Waals surface area contributed by atoms with Gasteiger partial charge in [-0.15, -0.1) is 0 Å². The van der Waals surface area contributed by atoms with Gasteiger partial charge in [0.25, 0.3) is 11.8 Å². The first-order chi connectivity index (χ1) is 10.7. The molecule has 2 aromatic heterocycles. The van der Waals surface area contributed by atoms with Gasteiger partial charge in [-0.05, 0) is 37.1 Å².